The van der Waals surface area contributed by atoms with Crippen LogP contribution in [0, 0.1) is 5.92 Å². The summed E-state index contributed by atoms with van der Waals surface area (Å²) >= 11 is 0. The molecule has 2 unspecified atom stereocenters. The molecule has 2 aliphatic rings. The molecule has 1 aromatic carbocycles. The van der Waals surface area contributed by atoms with Crippen LogP contribution in [-0.2, 0) is 6.42 Å². The van der Waals surface area contributed by atoms with Gasteiger partial charge in [-0.25, -0.2) is 0 Å². The molecule has 1 aliphatic heterocycles. The molecular formula is C17H25NO. The number of nitrogens with one attached hydrogen (secondary N) is 1. The third-order valence-corrected chi connectivity index (χ3v) is 4.59. The molecule has 2 atom stereocenters. The predicted octanol–water partition coefficient (Wildman–Crippen LogP) is 3.50. The number of fused-ring (bicyclic) bond motifs is 1. The van der Waals surface area contributed by atoms with Crippen molar-refractivity contribution in [1.82, 2.24) is 5.32 Å². The van der Waals surface area contributed by atoms with Crippen LogP contribution in [-0.4, -0.2) is 19.2 Å². The molecule has 1 fully saturated rings. The number of hydrogen-bond donors (Lipinski definition) is 1. The summed E-state index contributed by atoms with van der Waals surface area (Å²) in [4.78, 5) is 0. The summed E-state index contributed by atoms with van der Waals surface area (Å²) < 4.78 is 5.61. The Bertz CT molecular complexity index is 441. The highest BCUT2D eigenvalue weighted by atomic mass is 16.5. The largest absolute Gasteiger partial charge is 0.493 e. The second kappa shape index (κ2) is 5.54. The number of ether oxygens (including phenoxy) is 1. The van der Waals surface area contributed by atoms with Crippen molar-refractivity contribution in [3.05, 3.63) is 29.3 Å². The lowest BCUT2D eigenvalue weighted by molar-refractivity contribution is 0.356. The van der Waals surface area contributed by atoms with E-state index in [0.29, 0.717) is 6.04 Å². The molecule has 1 aliphatic carbocycles. The first-order valence-corrected chi connectivity index (χ1v) is 7.73. The highest BCUT2D eigenvalue weighted by Crippen LogP contribution is 2.41. The average molecular weight is 259 g/mol. The summed E-state index contributed by atoms with van der Waals surface area (Å²) in [5.41, 5.74) is 2.96. The third-order valence-electron chi connectivity index (χ3n) is 4.59. The van der Waals surface area contributed by atoms with Gasteiger partial charge < -0.3 is 10.1 Å². The van der Waals surface area contributed by atoms with Crippen LogP contribution < -0.4 is 10.1 Å². The van der Waals surface area contributed by atoms with Crippen molar-refractivity contribution in [1.29, 1.82) is 0 Å². The third kappa shape index (κ3) is 2.79. The zero-order valence-electron chi connectivity index (χ0n) is 12.1. The van der Waals surface area contributed by atoms with Crippen molar-refractivity contribution in [2.24, 2.45) is 5.92 Å². The van der Waals surface area contributed by atoms with Gasteiger partial charge in [0.15, 0.2) is 0 Å². The molecule has 3 rings (SSSR count). The second-order valence-corrected chi connectivity index (χ2v) is 6.33. The molecule has 0 radical (unpaired) electrons. The second-order valence-electron chi connectivity index (χ2n) is 6.33. The first-order valence-electron chi connectivity index (χ1n) is 7.73. The van der Waals surface area contributed by atoms with Gasteiger partial charge in [0, 0.05) is 12.5 Å². The Labute approximate surface area is 116 Å². The fraction of sp³-hybridized carbons (Fsp3) is 0.647. The van der Waals surface area contributed by atoms with Gasteiger partial charge in [-0.1, -0.05) is 32.4 Å². The SMILES string of the molecule is CC(C)NCC1CCCC1c1ccc2c(c1)CCO2. The van der Waals surface area contributed by atoms with Crippen molar-refractivity contribution in [3.63, 3.8) is 0 Å². The Morgan fingerprint density at radius 1 is 1.32 bits per heavy atom. The van der Waals surface area contributed by atoms with E-state index in [0.717, 1.165) is 37.2 Å². The zero-order chi connectivity index (χ0) is 13.2. The minimum absolute atomic E-state index is 0.592. The van der Waals surface area contributed by atoms with Gasteiger partial charge in [0.2, 0.25) is 0 Å². The van der Waals surface area contributed by atoms with E-state index in [1.54, 1.807) is 0 Å². The molecule has 1 heterocycles. The fourth-order valence-corrected chi connectivity index (χ4v) is 3.54. The van der Waals surface area contributed by atoms with Crippen LogP contribution in [0.1, 0.15) is 50.2 Å². The van der Waals surface area contributed by atoms with Gasteiger partial charge in [0.25, 0.3) is 0 Å². The quantitative estimate of drug-likeness (QED) is 0.893. The smallest absolute Gasteiger partial charge is 0.122 e. The van der Waals surface area contributed by atoms with Crippen molar-refractivity contribution in [2.75, 3.05) is 13.2 Å². The van der Waals surface area contributed by atoms with Crippen molar-refractivity contribution >= 4 is 0 Å². The Hall–Kier alpha value is -1.02. The van der Waals surface area contributed by atoms with Crippen LogP contribution >= 0.6 is 0 Å². The molecule has 1 N–H and O–H groups in total. The van der Waals surface area contributed by atoms with Crippen LogP contribution in [0.25, 0.3) is 0 Å². The molecular weight excluding hydrogens is 234 g/mol. The van der Waals surface area contributed by atoms with Gasteiger partial charge in [0.1, 0.15) is 5.75 Å². The molecule has 0 bridgehead atoms. The van der Waals surface area contributed by atoms with Crippen LogP contribution in [0.4, 0.5) is 0 Å². The molecule has 1 aromatic rings. The molecule has 19 heavy (non-hydrogen) atoms. The maximum Gasteiger partial charge on any atom is 0.122 e. The normalized spacial score (nSPS) is 25.6. The number of rotatable bonds is 4. The maximum atomic E-state index is 5.61. The van der Waals surface area contributed by atoms with Gasteiger partial charge in [-0.05, 0) is 48.4 Å². The lowest BCUT2D eigenvalue weighted by Gasteiger charge is -2.22. The number of hydrogen-bond acceptors (Lipinski definition) is 2. The molecule has 0 aromatic heterocycles. The molecule has 0 amide bonds. The minimum atomic E-state index is 0.592. The predicted molar refractivity (Wildman–Crippen MR) is 78.9 cm³/mol. The molecule has 104 valence electrons. The van der Waals surface area contributed by atoms with E-state index in [4.69, 9.17) is 4.74 Å². The topological polar surface area (TPSA) is 21.3 Å². The lowest BCUT2D eigenvalue weighted by Crippen LogP contribution is -2.30. The Morgan fingerprint density at radius 2 is 2.21 bits per heavy atom. The molecule has 0 spiro atoms. The average Bonchev–Trinajstić information content (AvgIpc) is 3.04. The van der Waals surface area contributed by atoms with Crippen LogP contribution in [0.15, 0.2) is 18.2 Å². The summed E-state index contributed by atoms with van der Waals surface area (Å²) in [7, 11) is 0. The highest BCUT2D eigenvalue weighted by molar-refractivity contribution is 5.41. The van der Waals surface area contributed by atoms with E-state index in [1.165, 1.54) is 30.4 Å². The summed E-state index contributed by atoms with van der Waals surface area (Å²) in [6, 6.07) is 7.47. The van der Waals surface area contributed by atoms with E-state index in [9.17, 15) is 0 Å². The Balaban J connectivity index is 1.73. The van der Waals surface area contributed by atoms with E-state index in [2.05, 4.69) is 37.4 Å². The van der Waals surface area contributed by atoms with Crippen LogP contribution in [0.5, 0.6) is 5.75 Å². The van der Waals surface area contributed by atoms with Gasteiger partial charge in [-0.2, -0.15) is 0 Å². The first kappa shape index (κ1) is 13.0. The van der Waals surface area contributed by atoms with Crippen molar-refractivity contribution < 1.29 is 4.74 Å². The van der Waals surface area contributed by atoms with Crippen LogP contribution in [0.2, 0.25) is 0 Å². The molecule has 1 saturated carbocycles. The van der Waals surface area contributed by atoms with E-state index in [1.807, 2.05) is 0 Å². The molecule has 2 heteroatoms. The van der Waals surface area contributed by atoms with Gasteiger partial charge in [0.05, 0.1) is 6.61 Å². The van der Waals surface area contributed by atoms with Crippen molar-refractivity contribution in [2.45, 2.75) is 51.5 Å². The lowest BCUT2D eigenvalue weighted by atomic mass is 9.87. The summed E-state index contributed by atoms with van der Waals surface area (Å²) in [6.45, 7) is 6.49. The monoisotopic (exact) mass is 259 g/mol. The van der Waals surface area contributed by atoms with Gasteiger partial charge >= 0.3 is 0 Å². The van der Waals surface area contributed by atoms with Crippen molar-refractivity contribution in [3.8, 4) is 5.75 Å². The van der Waals surface area contributed by atoms with E-state index in [-0.39, 0.29) is 0 Å². The Morgan fingerprint density at radius 3 is 3.05 bits per heavy atom. The summed E-state index contributed by atoms with van der Waals surface area (Å²) in [6.07, 6.45) is 5.19. The first-order chi connectivity index (χ1) is 9.24. The minimum Gasteiger partial charge on any atom is -0.493 e. The van der Waals surface area contributed by atoms with E-state index < -0.39 is 0 Å². The van der Waals surface area contributed by atoms with Crippen LogP contribution in [0.3, 0.4) is 0 Å². The Kier molecular flexibility index (Phi) is 3.79. The standard InChI is InChI=1S/C17H25NO/c1-12(2)18-11-15-4-3-5-16(15)13-6-7-17-14(10-13)8-9-19-17/h6-7,10,12,15-16,18H,3-5,8-9,11H2,1-2H3. The number of benzene rings is 1. The highest BCUT2D eigenvalue weighted by Gasteiger charge is 2.29. The van der Waals surface area contributed by atoms with Gasteiger partial charge in [-0.3, -0.25) is 0 Å². The van der Waals surface area contributed by atoms with E-state index >= 15 is 0 Å². The van der Waals surface area contributed by atoms with Gasteiger partial charge in [-0.15, -0.1) is 0 Å². The summed E-state index contributed by atoms with van der Waals surface area (Å²) in [5.74, 6) is 2.67. The zero-order valence-corrected chi connectivity index (χ0v) is 12.1. The molecule has 2 nitrogen and oxygen atoms in total. The summed E-state index contributed by atoms with van der Waals surface area (Å²) in [5, 5.41) is 3.61. The maximum absolute atomic E-state index is 5.61. The fourth-order valence-electron chi connectivity index (χ4n) is 3.54. The molecule has 0 saturated heterocycles.